The van der Waals surface area contributed by atoms with Gasteiger partial charge >= 0.3 is 5.69 Å². The molecule has 0 fully saturated rings. The van der Waals surface area contributed by atoms with Gasteiger partial charge in [-0.25, -0.2) is 4.79 Å². The highest BCUT2D eigenvalue weighted by Gasteiger charge is 2.15. The number of carbonyl (C=O) groups excluding carboxylic acids is 1. The predicted molar refractivity (Wildman–Crippen MR) is 124 cm³/mol. The Morgan fingerprint density at radius 1 is 0.906 bits per heavy atom. The number of methoxy groups -OCH3 is 1. The molecule has 0 aliphatic heterocycles. The normalized spacial score (nSPS) is 10.8. The van der Waals surface area contributed by atoms with Gasteiger partial charge in [-0.3, -0.25) is 18.7 Å². The van der Waals surface area contributed by atoms with Crippen LogP contribution in [0.1, 0.15) is 5.56 Å². The number of amides is 1. The van der Waals surface area contributed by atoms with Crippen LogP contribution in [0.15, 0.2) is 88.5 Å². The summed E-state index contributed by atoms with van der Waals surface area (Å²) in [7, 11) is 1.55. The molecular formula is C25H23N3O4. The van der Waals surface area contributed by atoms with E-state index in [1.54, 1.807) is 55.6 Å². The van der Waals surface area contributed by atoms with Crippen LogP contribution in [0.5, 0.6) is 5.75 Å². The highest BCUT2D eigenvalue weighted by molar-refractivity contribution is 5.91. The summed E-state index contributed by atoms with van der Waals surface area (Å²) >= 11 is 0. The van der Waals surface area contributed by atoms with Crippen LogP contribution in [0.2, 0.25) is 0 Å². The monoisotopic (exact) mass is 429 g/mol. The molecule has 0 spiro atoms. The van der Waals surface area contributed by atoms with Crippen molar-refractivity contribution in [2.75, 3.05) is 12.4 Å². The summed E-state index contributed by atoms with van der Waals surface area (Å²) in [6.45, 7) is 0.00614. The highest BCUT2D eigenvalue weighted by atomic mass is 16.5. The molecule has 7 heteroatoms. The topological polar surface area (TPSA) is 82.3 Å². The van der Waals surface area contributed by atoms with Gasteiger partial charge in [-0.15, -0.1) is 0 Å². The SMILES string of the molecule is COc1cccc(NC(=O)Cn2c(=O)n(CCc3ccccc3)c(=O)c3ccccc32)c1. The maximum Gasteiger partial charge on any atom is 0.331 e. The van der Waals surface area contributed by atoms with Crippen molar-refractivity contribution in [3.05, 3.63) is 105 Å². The molecule has 0 aliphatic carbocycles. The fraction of sp³-hybridized carbons (Fsp3) is 0.160. The van der Waals surface area contributed by atoms with E-state index < -0.39 is 5.69 Å². The van der Waals surface area contributed by atoms with Gasteiger partial charge in [0, 0.05) is 18.3 Å². The summed E-state index contributed by atoms with van der Waals surface area (Å²) in [5, 5.41) is 3.18. The molecule has 0 saturated heterocycles. The van der Waals surface area contributed by atoms with E-state index >= 15 is 0 Å². The molecule has 162 valence electrons. The van der Waals surface area contributed by atoms with Crippen molar-refractivity contribution < 1.29 is 9.53 Å². The summed E-state index contributed by atoms with van der Waals surface area (Å²) in [4.78, 5) is 39.0. The number of fused-ring (bicyclic) bond motifs is 1. The smallest absolute Gasteiger partial charge is 0.331 e. The van der Waals surface area contributed by atoms with Crippen LogP contribution in [-0.4, -0.2) is 22.2 Å². The minimum Gasteiger partial charge on any atom is -0.497 e. The molecule has 0 unspecified atom stereocenters. The van der Waals surface area contributed by atoms with Gasteiger partial charge in [0.1, 0.15) is 12.3 Å². The molecule has 4 aromatic rings. The lowest BCUT2D eigenvalue weighted by atomic mass is 10.1. The Bertz CT molecular complexity index is 1370. The number of para-hydroxylation sites is 1. The summed E-state index contributed by atoms with van der Waals surface area (Å²) in [5.41, 5.74) is 1.15. The van der Waals surface area contributed by atoms with E-state index in [0.29, 0.717) is 28.8 Å². The Hall–Kier alpha value is -4.13. The summed E-state index contributed by atoms with van der Waals surface area (Å²) < 4.78 is 7.73. The van der Waals surface area contributed by atoms with Crippen molar-refractivity contribution >= 4 is 22.5 Å². The van der Waals surface area contributed by atoms with Crippen molar-refractivity contribution in [3.8, 4) is 5.75 Å². The number of rotatable bonds is 7. The molecule has 0 saturated carbocycles. The first-order valence-electron chi connectivity index (χ1n) is 10.3. The van der Waals surface area contributed by atoms with Crippen molar-refractivity contribution in [3.63, 3.8) is 0 Å². The van der Waals surface area contributed by atoms with E-state index in [0.717, 1.165) is 5.56 Å². The molecular weight excluding hydrogens is 406 g/mol. The second-order valence-electron chi connectivity index (χ2n) is 7.36. The Balaban J connectivity index is 1.67. The van der Waals surface area contributed by atoms with Gasteiger partial charge in [-0.1, -0.05) is 48.5 Å². The molecule has 0 bridgehead atoms. The zero-order valence-corrected chi connectivity index (χ0v) is 17.7. The van der Waals surface area contributed by atoms with E-state index in [4.69, 9.17) is 4.74 Å². The number of hydrogen-bond acceptors (Lipinski definition) is 4. The molecule has 1 amide bonds. The van der Waals surface area contributed by atoms with Gasteiger partial charge in [0.2, 0.25) is 5.91 Å². The van der Waals surface area contributed by atoms with Crippen LogP contribution in [0.3, 0.4) is 0 Å². The quantitative estimate of drug-likeness (QED) is 0.490. The number of nitrogens with zero attached hydrogens (tertiary/aromatic N) is 2. The molecule has 7 nitrogen and oxygen atoms in total. The van der Waals surface area contributed by atoms with Crippen LogP contribution >= 0.6 is 0 Å². The first kappa shape index (κ1) is 21.1. The van der Waals surface area contributed by atoms with Gasteiger partial charge in [0.05, 0.1) is 18.0 Å². The number of benzene rings is 3. The fourth-order valence-electron chi connectivity index (χ4n) is 3.65. The molecule has 32 heavy (non-hydrogen) atoms. The first-order chi connectivity index (χ1) is 15.6. The average molecular weight is 429 g/mol. The van der Waals surface area contributed by atoms with Crippen LogP contribution in [0, 0.1) is 0 Å². The molecule has 3 aromatic carbocycles. The number of ether oxygens (including phenoxy) is 1. The standard InChI is InChI=1S/C25H23N3O4/c1-32-20-11-7-10-19(16-20)26-23(29)17-28-22-13-6-5-12-21(22)24(30)27(25(28)31)15-14-18-8-3-2-4-9-18/h2-13,16H,14-15,17H2,1H3,(H,26,29). The largest absolute Gasteiger partial charge is 0.497 e. The van der Waals surface area contributed by atoms with Crippen LogP contribution in [-0.2, 0) is 24.3 Å². The summed E-state index contributed by atoms with van der Waals surface area (Å²) in [6, 6.07) is 23.5. The molecule has 1 heterocycles. The Kier molecular flexibility index (Phi) is 6.17. The molecule has 0 aliphatic rings. The number of hydrogen-bond donors (Lipinski definition) is 1. The molecule has 0 atom stereocenters. The van der Waals surface area contributed by atoms with Gasteiger partial charge < -0.3 is 10.1 Å². The van der Waals surface area contributed by atoms with E-state index in [1.807, 2.05) is 30.3 Å². The maximum absolute atomic E-state index is 13.2. The number of carbonyl (C=O) groups is 1. The Morgan fingerprint density at radius 3 is 2.44 bits per heavy atom. The molecule has 1 aromatic heterocycles. The average Bonchev–Trinajstić information content (AvgIpc) is 2.82. The lowest BCUT2D eigenvalue weighted by Gasteiger charge is -2.14. The number of anilines is 1. The van der Waals surface area contributed by atoms with Crippen LogP contribution in [0.4, 0.5) is 5.69 Å². The third kappa shape index (κ3) is 4.46. The van der Waals surface area contributed by atoms with Gasteiger partial charge in [0.15, 0.2) is 0 Å². The lowest BCUT2D eigenvalue weighted by molar-refractivity contribution is -0.116. The number of aromatic nitrogens is 2. The fourth-order valence-corrected chi connectivity index (χ4v) is 3.65. The summed E-state index contributed by atoms with van der Waals surface area (Å²) in [5.74, 6) is 0.235. The number of nitrogens with one attached hydrogen (secondary N) is 1. The van der Waals surface area contributed by atoms with E-state index in [-0.39, 0.29) is 24.6 Å². The minimum atomic E-state index is -0.509. The molecule has 4 rings (SSSR count). The van der Waals surface area contributed by atoms with E-state index in [9.17, 15) is 14.4 Å². The minimum absolute atomic E-state index is 0.220. The van der Waals surface area contributed by atoms with Crippen molar-refractivity contribution in [1.82, 2.24) is 9.13 Å². The highest BCUT2D eigenvalue weighted by Crippen LogP contribution is 2.17. The Morgan fingerprint density at radius 2 is 1.66 bits per heavy atom. The third-order valence-corrected chi connectivity index (χ3v) is 5.25. The zero-order valence-electron chi connectivity index (χ0n) is 17.7. The van der Waals surface area contributed by atoms with Crippen LogP contribution < -0.4 is 21.3 Å². The van der Waals surface area contributed by atoms with Gasteiger partial charge in [-0.05, 0) is 36.2 Å². The van der Waals surface area contributed by atoms with E-state index in [1.165, 1.54) is 9.13 Å². The predicted octanol–water partition coefficient (Wildman–Crippen LogP) is 3.05. The number of aryl methyl sites for hydroxylation is 1. The third-order valence-electron chi connectivity index (χ3n) is 5.25. The first-order valence-corrected chi connectivity index (χ1v) is 10.3. The maximum atomic E-state index is 13.2. The lowest BCUT2D eigenvalue weighted by Crippen LogP contribution is -2.42. The second-order valence-corrected chi connectivity index (χ2v) is 7.36. The van der Waals surface area contributed by atoms with Gasteiger partial charge in [-0.2, -0.15) is 0 Å². The van der Waals surface area contributed by atoms with Crippen molar-refractivity contribution in [1.29, 1.82) is 0 Å². The summed E-state index contributed by atoms with van der Waals surface area (Å²) in [6.07, 6.45) is 0.532. The second kappa shape index (κ2) is 9.34. The molecule has 0 radical (unpaired) electrons. The van der Waals surface area contributed by atoms with Crippen LogP contribution in [0.25, 0.3) is 10.9 Å². The van der Waals surface area contributed by atoms with Crippen molar-refractivity contribution in [2.24, 2.45) is 0 Å². The van der Waals surface area contributed by atoms with Crippen molar-refractivity contribution in [2.45, 2.75) is 19.5 Å². The van der Waals surface area contributed by atoms with E-state index in [2.05, 4.69) is 5.32 Å². The Labute approximate surface area is 184 Å². The zero-order chi connectivity index (χ0) is 22.5. The molecule has 1 N–H and O–H groups in total. The van der Waals surface area contributed by atoms with Gasteiger partial charge in [0.25, 0.3) is 5.56 Å².